The van der Waals surface area contributed by atoms with Crippen LogP contribution in [0.5, 0.6) is 0 Å². The Morgan fingerprint density at radius 3 is 1.70 bits per heavy atom. The van der Waals surface area contributed by atoms with Gasteiger partial charge in [-0.05, 0) is 94.0 Å². The van der Waals surface area contributed by atoms with E-state index in [-0.39, 0.29) is 5.41 Å². The highest BCUT2D eigenvalue weighted by Gasteiger charge is 2.37. The lowest BCUT2D eigenvalue weighted by Gasteiger charge is -2.22. The van der Waals surface area contributed by atoms with Gasteiger partial charge in [-0.25, -0.2) is 4.98 Å². The number of furan rings is 1. The lowest BCUT2D eigenvalue weighted by molar-refractivity contribution is 0.661. The fourth-order valence-electron chi connectivity index (χ4n) is 10.8. The van der Waals surface area contributed by atoms with Crippen LogP contribution in [0.3, 0.4) is 0 Å². The second kappa shape index (κ2) is 13.7. The standard InChI is InChI=1S/C60H39N5O/c1-60(2)49-28-26-38(30-43(49)44-32-46-41-22-12-14-24-51(41)64(53(46)34-50(44)60)40-20-10-5-11-21-40)39-27-29-52-45(31-39)47-33-48-42-23-13-15-25-55(42)66-56(48)35-54(47)65(52)59-62-57(36-16-6-3-7-17-36)61-58(63-59)37-18-8-4-9-19-37/h3-35H,1-2H3. The van der Waals surface area contributed by atoms with Gasteiger partial charge in [-0.15, -0.1) is 0 Å². The highest BCUT2D eigenvalue weighted by atomic mass is 16.3. The third-order valence-electron chi connectivity index (χ3n) is 14.0. The van der Waals surface area contributed by atoms with E-state index in [1.54, 1.807) is 0 Å². The summed E-state index contributed by atoms with van der Waals surface area (Å²) in [5.74, 6) is 1.76. The van der Waals surface area contributed by atoms with Crippen LogP contribution in [-0.4, -0.2) is 24.1 Å². The van der Waals surface area contributed by atoms with Gasteiger partial charge in [0, 0.05) is 60.6 Å². The fraction of sp³-hybridized carbons (Fsp3) is 0.0500. The number of fused-ring (bicyclic) bond motifs is 12. The third-order valence-corrected chi connectivity index (χ3v) is 14.0. The van der Waals surface area contributed by atoms with Crippen LogP contribution >= 0.6 is 0 Å². The summed E-state index contributed by atoms with van der Waals surface area (Å²) in [4.78, 5) is 15.5. The number of hydrogen-bond acceptors (Lipinski definition) is 4. The molecule has 6 heteroatoms. The van der Waals surface area contributed by atoms with Gasteiger partial charge in [0.1, 0.15) is 11.2 Å². The number of hydrogen-bond donors (Lipinski definition) is 0. The molecule has 0 radical (unpaired) electrons. The van der Waals surface area contributed by atoms with Crippen LogP contribution in [0, 0.1) is 0 Å². The molecule has 0 unspecified atom stereocenters. The van der Waals surface area contributed by atoms with Gasteiger partial charge in [-0.3, -0.25) is 4.57 Å². The monoisotopic (exact) mass is 845 g/mol. The van der Waals surface area contributed by atoms with Crippen LogP contribution in [-0.2, 0) is 5.41 Å². The molecular weight excluding hydrogens is 807 g/mol. The van der Waals surface area contributed by atoms with Crippen molar-refractivity contribution < 1.29 is 4.42 Å². The minimum Gasteiger partial charge on any atom is -0.456 e. The first-order valence-electron chi connectivity index (χ1n) is 22.5. The fourth-order valence-corrected chi connectivity index (χ4v) is 10.8. The van der Waals surface area contributed by atoms with Crippen molar-refractivity contribution in [3.05, 3.63) is 211 Å². The molecule has 0 fully saturated rings. The summed E-state index contributed by atoms with van der Waals surface area (Å²) in [5.41, 5.74) is 16.5. The molecular formula is C60H39N5O. The molecule has 0 atom stereocenters. The Labute approximate surface area is 379 Å². The van der Waals surface area contributed by atoms with Crippen molar-refractivity contribution in [3.63, 3.8) is 0 Å². The zero-order valence-corrected chi connectivity index (χ0v) is 36.2. The van der Waals surface area contributed by atoms with E-state index in [0.717, 1.165) is 60.4 Å². The number of nitrogens with zero attached hydrogens (tertiary/aromatic N) is 5. The zero-order valence-electron chi connectivity index (χ0n) is 36.2. The summed E-state index contributed by atoms with van der Waals surface area (Å²) >= 11 is 0. The van der Waals surface area contributed by atoms with Crippen LogP contribution in [0.1, 0.15) is 25.0 Å². The summed E-state index contributed by atoms with van der Waals surface area (Å²) in [7, 11) is 0. The summed E-state index contributed by atoms with van der Waals surface area (Å²) < 4.78 is 11.1. The van der Waals surface area contributed by atoms with Crippen molar-refractivity contribution in [1.29, 1.82) is 0 Å². The Hall–Kier alpha value is -8.61. The minimum absolute atomic E-state index is 0.187. The maximum Gasteiger partial charge on any atom is 0.238 e. The van der Waals surface area contributed by atoms with Crippen molar-refractivity contribution in [2.24, 2.45) is 0 Å². The maximum absolute atomic E-state index is 6.52. The summed E-state index contributed by atoms with van der Waals surface area (Å²) in [5, 5.41) is 6.88. The largest absolute Gasteiger partial charge is 0.456 e. The molecule has 0 amide bonds. The zero-order chi connectivity index (χ0) is 43.7. The van der Waals surface area contributed by atoms with Crippen LogP contribution < -0.4 is 0 Å². The topological polar surface area (TPSA) is 61.7 Å². The molecule has 0 aliphatic heterocycles. The van der Waals surface area contributed by atoms with Crippen molar-refractivity contribution in [3.8, 4) is 56.7 Å². The van der Waals surface area contributed by atoms with E-state index in [0.29, 0.717) is 17.6 Å². The van der Waals surface area contributed by atoms with Crippen molar-refractivity contribution in [2.45, 2.75) is 19.3 Å². The molecule has 14 rings (SSSR count). The number of aromatic nitrogens is 5. The smallest absolute Gasteiger partial charge is 0.238 e. The molecule has 4 heterocycles. The lowest BCUT2D eigenvalue weighted by Crippen LogP contribution is -2.15. The molecule has 310 valence electrons. The third kappa shape index (κ3) is 5.33. The Morgan fingerprint density at radius 1 is 0.364 bits per heavy atom. The molecule has 1 aliphatic rings. The van der Waals surface area contributed by atoms with Crippen LogP contribution in [0.15, 0.2) is 205 Å². The average molecular weight is 846 g/mol. The van der Waals surface area contributed by atoms with Crippen molar-refractivity contribution in [2.75, 3.05) is 0 Å². The van der Waals surface area contributed by atoms with E-state index in [1.165, 1.54) is 55.3 Å². The van der Waals surface area contributed by atoms with E-state index in [2.05, 4.69) is 150 Å². The molecule has 0 spiro atoms. The summed E-state index contributed by atoms with van der Waals surface area (Å²) in [6, 6.07) is 71.3. The van der Waals surface area contributed by atoms with Gasteiger partial charge in [0.15, 0.2) is 11.6 Å². The summed E-state index contributed by atoms with van der Waals surface area (Å²) in [6.07, 6.45) is 0. The molecule has 0 bridgehead atoms. The molecule has 4 aromatic heterocycles. The second-order valence-electron chi connectivity index (χ2n) is 18.0. The first kappa shape index (κ1) is 36.8. The highest BCUT2D eigenvalue weighted by molar-refractivity contribution is 6.18. The van der Waals surface area contributed by atoms with Crippen LogP contribution in [0.25, 0.3) is 122 Å². The quantitative estimate of drug-likeness (QED) is 0.173. The molecule has 1 aliphatic carbocycles. The van der Waals surface area contributed by atoms with Crippen LogP contribution in [0.2, 0.25) is 0 Å². The second-order valence-corrected chi connectivity index (χ2v) is 18.0. The van der Waals surface area contributed by atoms with Crippen molar-refractivity contribution >= 4 is 65.6 Å². The Kier molecular flexibility index (Phi) is 7.64. The molecule has 13 aromatic rings. The van der Waals surface area contributed by atoms with Gasteiger partial charge in [0.25, 0.3) is 0 Å². The predicted molar refractivity (Wildman–Crippen MR) is 270 cm³/mol. The Bertz CT molecular complexity index is 4070. The van der Waals surface area contributed by atoms with Gasteiger partial charge in [-0.2, -0.15) is 9.97 Å². The molecule has 0 N–H and O–H groups in total. The van der Waals surface area contributed by atoms with Gasteiger partial charge < -0.3 is 8.98 Å². The van der Waals surface area contributed by atoms with Gasteiger partial charge in [-0.1, -0.05) is 147 Å². The molecule has 0 saturated carbocycles. The minimum atomic E-state index is -0.187. The van der Waals surface area contributed by atoms with E-state index < -0.39 is 0 Å². The van der Waals surface area contributed by atoms with Crippen LogP contribution in [0.4, 0.5) is 0 Å². The number of rotatable bonds is 5. The Balaban J connectivity index is 0.988. The number of para-hydroxylation sites is 3. The predicted octanol–water partition coefficient (Wildman–Crippen LogP) is 15.3. The van der Waals surface area contributed by atoms with Gasteiger partial charge >= 0.3 is 0 Å². The Morgan fingerprint density at radius 2 is 0.939 bits per heavy atom. The first-order valence-corrected chi connectivity index (χ1v) is 22.5. The normalized spacial score (nSPS) is 13.1. The van der Waals surface area contributed by atoms with E-state index in [9.17, 15) is 0 Å². The molecule has 6 nitrogen and oxygen atoms in total. The highest BCUT2D eigenvalue weighted by Crippen LogP contribution is 2.52. The first-order chi connectivity index (χ1) is 32.5. The lowest BCUT2D eigenvalue weighted by atomic mass is 9.82. The molecule has 66 heavy (non-hydrogen) atoms. The average Bonchev–Trinajstić information content (AvgIpc) is 4.07. The number of benzene rings is 9. The summed E-state index contributed by atoms with van der Waals surface area (Å²) in [6.45, 7) is 4.74. The molecule has 9 aromatic carbocycles. The van der Waals surface area contributed by atoms with Crippen molar-refractivity contribution in [1.82, 2.24) is 24.1 Å². The maximum atomic E-state index is 6.52. The van der Waals surface area contributed by atoms with E-state index >= 15 is 0 Å². The van der Waals surface area contributed by atoms with Gasteiger partial charge in [0.2, 0.25) is 5.95 Å². The SMILES string of the molecule is CC1(C)c2ccc(-c3ccc4c(c3)c3cc5c(cc3n4-c3nc(-c4ccccc4)nc(-c4ccccc4)n3)oc3ccccc35)cc2-c2cc3c4ccccc4n(-c4ccccc4)c3cc21. The van der Waals surface area contributed by atoms with E-state index in [4.69, 9.17) is 19.4 Å². The van der Waals surface area contributed by atoms with Gasteiger partial charge in [0.05, 0.1) is 22.1 Å². The molecule has 0 saturated heterocycles. The van der Waals surface area contributed by atoms with E-state index in [1.807, 2.05) is 72.8 Å².